The van der Waals surface area contributed by atoms with Crippen molar-refractivity contribution in [2.45, 2.75) is 38.5 Å². The lowest BCUT2D eigenvalue weighted by molar-refractivity contribution is 0.836. The summed E-state index contributed by atoms with van der Waals surface area (Å²) >= 11 is 0. The lowest BCUT2D eigenvalue weighted by atomic mass is 10.0. The molecular weight excluding hydrogens is 222 g/mol. The van der Waals surface area contributed by atoms with Crippen LogP contribution in [0, 0.1) is 0 Å². The van der Waals surface area contributed by atoms with Crippen molar-refractivity contribution < 1.29 is 0 Å². The Bertz CT molecular complexity index is 548. The molecule has 1 aliphatic carbocycles. The van der Waals surface area contributed by atoms with Crippen LogP contribution < -0.4 is 5.73 Å². The molecule has 0 amide bonds. The lowest BCUT2D eigenvalue weighted by Crippen LogP contribution is -2.02. The highest BCUT2D eigenvalue weighted by molar-refractivity contribution is 5.45. The fourth-order valence-corrected chi connectivity index (χ4v) is 2.20. The van der Waals surface area contributed by atoms with Gasteiger partial charge in [0.25, 0.3) is 0 Å². The maximum Gasteiger partial charge on any atom is 0.127 e. The predicted molar refractivity (Wildman–Crippen MR) is 74.0 cm³/mol. The third-order valence-corrected chi connectivity index (χ3v) is 3.56. The molecule has 1 aliphatic rings. The molecule has 94 valence electrons. The molecule has 1 aromatic carbocycles. The van der Waals surface area contributed by atoms with Crippen LogP contribution in [0.5, 0.6) is 0 Å². The van der Waals surface area contributed by atoms with Crippen molar-refractivity contribution in [3.8, 4) is 5.69 Å². The topological polar surface area (TPSA) is 43.8 Å². The molecule has 3 nitrogen and oxygen atoms in total. The van der Waals surface area contributed by atoms with Crippen molar-refractivity contribution in [2.75, 3.05) is 5.73 Å². The molecule has 0 spiro atoms. The molecule has 0 aliphatic heterocycles. The Kier molecular flexibility index (Phi) is 2.62. The number of anilines is 1. The molecular formula is C15H19N3. The number of hydrogen-bond acceptors (Lipinski definition) is 2. The fraction of sp³-hybridized carbons (Fsp3) is 0.400. The van der Waals surface area contributed by atoms with Crippen molar-refractivity contribution in [3.05, 3.63) is 41.6 Å². The minimum atomic E-state index is 0.552. The van der Waals surface area contributed by atoms with E-state index in [4.69, 9.17) is 5.73 Å². The Morgan fingerprint density at radius 2 is 1.89 bits per heavy atom. The van der Waals surface area contributed by atoms with Crippen LogP contribution in [0.2, 0.25) is 0 Å². The summed E-state index contributed by atoms with van der Waals surface area (Å²) in [6.07, 6.45) is 2.51. The number of nitrogens with zero attached hydrogens (tertiary/aromatic N) is 2. The molecule has 2 N–H and O–H groups in total. The minimum absolute atomic E-state index is 0.552. The smallest absolute Gasteiger partial charge is 0.127 e. The number of benzene rings is 1. The molecule has 3 heteroatoms. The standard InChI is InChI=1S/C15H19N3/c1-10(2)11-5-7-13(8-6-11)18-15(16)9-14(17-18)12-3-4-12/h5-10,12H,3-4,16H2,1-2H3. The van der Waals surface area contributed by atoms with Crippen LogP contribution in [0.15, 0.2) is 30.3 Å². The van der Waals surface area contributed by atoms with Gasteiger partial charge in [0.05, 0.1) is 11.4 Å². The normalized spacial score (nSPS) is 15.3. The number of hydrogen-bond donors (Lipinski definition) is 1. The summed E-state index contributed by atoms with van der Waals surface area (Å²) in [4.78, 5) is 0. The Balaban J connectivity index is 1.93. The average Bonchev–Trinajstić information content (AvgIpc) is 3.13. The van der Waals surface area contributed by atoms with Gasteiger partial charge in [-0.3, -0.25) is 0 Å². The van der Waals surface area contributed by atoms with Gasteiger partial charge in [0.2, 0.25) is 0 Å². The number of nitrogens with two attached hydrogens (primary N) is 1. The first kappa shape index (κ1) is 11.3. The van der Waals surface area contributed by atoms with Crippen molar-refractivity contribution in [3.63, 3.8) is 0 Å². The second kappa shape index (κ2) is 4.16. The highest BCUT2D eigenvalue weighted by Crippen LogP contribution is 2.40. The van der Waals surface area contributed by atoms with Crippen molar-refractivity contribution >= 4 is 5.82 Å². The molecule has 1 saturated carbocycles. The van der Waals surface area contributed by atoms with E-state index >= 15 is 0 Å². The molecule has 0 bridgehead atoms. The fourth-order valence-electron chi connectivity index (χ4n) is 2.20. The van der Waals surface area contributed by atoms with Gasteiger partial charge in [-0.2, -0.15) is 5.10 Å². The van der Waals surface area contributed by atoms with Crippen LogP contribution in [0.1, 0.15) is 49.8 Å². The Morgan fingerprint density at radius 1 is 1.22 bits per heavy atom. The zero-order valence-corrected chi connectivity index (χ0v) is 10.9. The van der Waals surface area contributed by atoms with E-state index in [2.05, 4.69) is 43.2 Å². The Morgan fingerprint density at radius 3 is 2.44 bits per heavy atom. The minimum Gasteiger partial charge on any atom is -0.384 e. The highest BCUT2D eigenvalue weighted by Gasteiger charge is 2.27. The van der Waals surface area contributed by atoms with E-state index < -0.39 is 0 Å². The molecule has 3 rings (SSSR count). The summed E-state index contributed by atoms with van der Waals surface area (Å²) in [6.45, 7) is 4.39. The first-order valence-corrected chi connectivity index (χ1v) is 6.61. The van der Waals surface area contributed by atoms with Gasteiger partial charge in [-0.1, -0.05) is 26.0 Å². The Labute approximate surface area is 108 Å². The summed E-state index contributed by atoms with van der Waals surface area (Å²) < 4.78 is 1.84. The Hall–Kier alpha value is -1.77. The SMILES string of the molecule is CC(C)c1ccc(-n2nc(C3CC3)cc2N)cc1. The van der Waals surface area contributed by atoms with Gasteiger partial charge >= 0.3 is 0 Å². The van der Waals surface area contributed by atoms with E-state index in [1.165, 1.54) is 18.4 Å². The summed E-state index contributed by atoms with van der Waals surface area (Å²) in [5.74, 6) is 1.92. The molecule has 0 radical (unpaired) electrons. The monoisotopic (exact) mass is 241 g/mol. The van der Waals surface area contributed by atoms with Crippen molar-refractivity contribution in [2.24, 2.45) is 0 Å². The van der Waals surface area contributed by atoms with Gasteiger partial charge < -0.3 is 5.73 Å². The zero-order chi connectivity index (χ0) is 12.7. The van der Waals surface area contributed by atoms with Gasteiger partial charge in [0.1, 0.15) is 5.82 Å². The molecule has 0 saturated heterocycles. The highest BCUT2D eigenvalue weighted by atomic mass is 15.3. The van der Waals surface area contributed by atoms with E-state index in [-0.39, 0.29) is 0 Å². The average molecular weight is 241 g/mol. The van der Waals surface area contributed by atoms with Crippen LogP contribution in [0.4, 0.5) is 5.82 Å². The van der Waals surface area contributed by atoms with Gasteiger partial charge in [0.15, 0.2) is 0 Å². The van der Waals surface area contributed by atoms with Crippen molar-refractivity contribution in [1.82, 2.24) is 9.78 Å². The van der Waals surface area contributed by atoms with Crippen LogP contribution >= 0.6 is 0 Å². The summed E-state index contributed by atoms with van der Waals surface area (Å²) in [5.41, 5.74) is 9.56. The third kappa shape index (κ3) is 2.01. The molecule has 1 heterocycles. The summed E-state index contributed by atoms with van der Waals surface area (Å²) in [6, 6.07) is 10.5. The molecule has 18 heavy (non-hydrogen) atoms. The van der Waals surface area contributed by atoms with E-state index in [1.807, 2.05) is 10.7 Å². The largest absolute Gasteiger partial charge is 0.384 e. The van der Waals surface area contributed by atoms with Crippen LogP contribution in [0.25, 0.3) is 5.69 Å². The second-order valence-corrected chi connectivity index (χ2v) is 5.43. The van der Waals surface area contributed by atoms with Gasteiger partial charge in [-0.15, -0.1) is 0 Å². The number of rotatable bonds is 3. The predicted octanol–water partition coefficient (Wildman–Crippen LogP) is 3.46. The number of aromatic nitrogens is 2. The lowest BCUT2D eigenvalue weighted by Gasteiger charge is -2.08. The van der Waals surface area contributed by atoms with Crippen LogP contribution in [0.3, 0.4) is 0 Å². The molecule has 0 atom stereocenters. The summed E-state index contributed by atoms with van der Waals surface area (Å²) in [5, 5.41) is 4.61. The zero-order valence-electron chi connectivity index (χ0n) is 10.9. The summed E-state index contributed by atoms with van der Waals surface area (Å²) in [7, 11) is 0. The second-order valence-electron chi connectivity index (χ2n) is 5.43. The van der Waals surface area contributed by atoms with Gasteiger partial charge in [-0.05, 0) is 36.5 Å². The molecule has 1 fully saturated rings. The van der Waals surface area contributed by atoms with Crippen molar-refractivity contribution in [1.29, 1.82) is 0 Å². The van der Waals surface area contributed by atoms with Crippen LogP contribution in [-0.2, 0) is 0 Å². The van der Waals surface area contributed by atoms with E-state index in [1.54, 1.807) is 0 Å². The maximum absolute atomic E-state index is 6.04. The third-order valence-electron chi connectivity index (χ3n) is 3.56. The van der Waals surface area contributed by atoms with E-state index in [0.29, 0.717) is 11.8 Å². The van der Waals surface area contributed by atoms with Gasteiger partial charge in [0, 0.05) is 12.0 Å². The first-order chi connectivity index (χ1) is 8.65. The quantitative estimate of drug-likeness (QED) is 0.894. The molecule has 1 aromatic heterocycles. The first-order valence-electron chi connectivity index (χ1n) is 6.61. The maximum atomic E-state index is 6.04. The van der Waals surface area contributed by atoms with E-state index in [9.17, 15) is 0 Å². The van der Waals surface area contributed by atoms with Crippen LogP contribution in [-0.4, -0.2) is 9.78 Å². The number of nitrogen functional groups attached to an aromatic ring is 1. The molecule has 2 aromatic rings. The van der Waals surface area contributed by atoms with Gasteiger partial charge in [-0.25, -0.2) is 4.68 Å². The molecule has 0 unspecified atom stereocenters. The van der Waals surface area contributed by atoms with E-state index in [0.717, 1.165) is 17.2 Å².